The normalized spacial score (nSPS) is 18.4. The van der Waals surface area contributed by atoms with Gasteiger partial charge in [0.15, 0.2) is 0 Å². The summed E-state index contributed by atoms with van der Waals surface area (Å²) in [5.41, 5.74) is 1.11. The molecule has 0 aliphatic heterocycles. The number of nitrogens with one attached hydrogen (secondary N) is 1. The van der Waals surface area contributed by atoms with Crippen LogP contribution in [-0.2, 0) is 14.3 Å². The van der Waals surface area contributed by atoms with Gasteiger partial charge in [-0.1, -0.05) is 37.8 Å². The van der Waals surface area contributed by atoms with Crippen LogP contribution < -0.4 is 5.32 Å². The summed E-state index contributed by atoms with van der Waals surface area (Å²) in [4.78, 5) is 24.7. The molecule has 3 rings (SSSR count). The van der Waals surface area contributed by atoms with E-state index in [-0.39, 0.29) is 17.9 Å². The van der Waals surface area contributed by atoms with Gasteiger partial charge < -0.3 is 10.1 Å². The average molecular weight is 340 g/mol. The van der Waals surface area contributed by atoms with Crippen LogP contribution in [0.2, 0.25) is 0 Å². The quantitative estimate of drug-likeness (QED) is 0.772. The lowest BCUT2D eigenvalue weighted by Crippen LogP contribution is -2.33. The molecule has 2 fully saturated rings. The van der Waals surface area contributed by atoms with Crippen LogP contribution in [0.5, 0.6) is 0 Å². The van der Waals surface area contributed by atoms with Crippen molar-refractivity contribution in [1.29, 1.82) is 5.26 Å². The van der Waals surface area contributed by atoms with E-state index >= 15 is 0 Å². The summed E-state index contributed by atoms with van der Waals surface area (Å²) in [5, 5.41) is 11.8. The molecule has 25 heavy (non-hydrogen) atoms. The van der Waals surface area contributed by atoms with Gasteiger partial charge in [-0.15, -0.1) is 0 Å². The summed E-state index contributed by atoms with van der Waals surface area (Å²) in [6.45, 7) is 0. The minimum atomic E-state index is -0.940. The molecule has 5 heteroatoms. The molecule has 0 radical (unpaired) electrons. The molecule has 1 aromatic carbocycles. The molecule has 0 bridgehead atoms. The van der Waals surface area contributed by atoms with Crippen molar-refractivity contribution in [2.45, 2.75) is 63.5 Å². The fourth-order valence-electron chi connectivity index (χ4n) is 3.32. The Morgan fingerprint density at radius 3 is 2.44 bits per heavy atom. The number of carbonyl (C=O) groups is 2. The summed E-state index contributed by atoms with van der Waals surface area (Å²) in [5.74, 6) is 0.00910. The molecule has 0 aromatic heterocycles. The first kappa shape index (κ1) is 17.5. The van der Waals surface area contributed by atoms with Gasteiger partial charge in [-0.25, -0.2) is 0 Å². The number of hydrogen-bond donors (Lipinski definition) is 1. The van der Waals surface area contributed by atoms with E-state index in [0.717, 1.165) is 19.3 Å². The summed E-state index contributed by atoms with van der Waals surface area (Å²) in [6, 6.07) is 8.89. The second-order valence-corrected chi connectivity index (χ2v) is 7.08. The van der Waals surface area contributed by atoms with E-state index in [9.17, 15) is 9.59 Å². The van der Waals surface area contributed by atoms with Gasteiger partial charge in [-0.2, -0.15) is 5.26 Å². The van der Waals surface area contributed by atoms with Crippen molar-refractivity contribution in [2.24, 2.45) is 5.92 Å². The number of hydrogen-bond acceptors (Lipinski definition) is 4. The summed E-state index contributed by atoms with van der Waals surface area (Å²) in [7, 11) is 0. The summed E-state index contributed by atoms with van der Waals surface area (Å²) >= 11 is 0. The van der Waals surface area contributed by atoms with Crippen LogP contribution in [0.1, 0.15) is 68.6 Å². The highest BCUT2D eigenvalue weighted by atomic mass is 16.5. The van der Waals surface area contributed by atoms with E-state index in [1.54, 1.807) is 24.3 Å². The Hall–Kier alpha value is -2.35. The predicted octanol–water partition coefficient (Wildman–Crippen LogP) is 3.39. The Labute approximate surface area is 148 Å². The number of benzene rings is 1. The van der Waals surface area contributed by atoms with Gasteiger partial charge in [-0.3, -0.25) is 9.59 Å². The van der Waals surface area contributed by atoms with E-state index < -0.39 is 6.10 Å². The lowest BCUT2D eigenvalue weighted by atomic mass is 10.0. The zero-order valence-electron chi connectivity index (χ0n) is 14.4. The highest BCUT2D eigenvalue weighted by Crippen LogP contribution is 2.29. The molecular formula is C20H24N2O3. The largest absolute Gasteiger partial charge is 0.447 e. The molecule has 1 unspecified atom stereocenters. The molecule has 2 aliphatic carbocycles. The molecule has 2 aliphatic rings. The van der Waals surface area contributed by atoms with E-state index in [1.807, 2.05) is 6.07 Å². The smallest absolute Gasteiger partial charge is 0.306 e. The molecule has 0 saturated heterocycles. The highest BCUT2D eigenvalue weighted by Gasteiger charge is 2.31. The molecular weight excluding hydrogens is 316 g/mol. The van der Waals surface area contributed by atoms with Crippen molar-refractivity contribution in [3.63, 3.8) is 0 Å². The van der Waals surface area contributed by atoms with Crippen molar-refractivity contribution < 1.29 is 14.3 Å². The van der Waals surface area contributed by atoms with Crippen LogP contribution in [0.3, 0.4) is 0 Å². The van der Waals surface area contributed by atoms with E-state index in [4.69, 9.17) is 10.00 Å². The third-order valence-corrected chi connectivity index (χ3v) is 4.99. The molecule has 1 amide bonds. The van der Waals surface area contributed by atoms with Gasteiger partial charge in [-0.05, 0) is 37.3 Å². The van der Waals surface area contributed by atoms with Gasteiger partial charge in [0.25, 0.3) is 5.91 Å². The van der Waals surface area contributed by atoms with Crippen LogP contribution in [0.4, 0.5) is 0 Å². The monoisotopic (exact) mass is 340 g/mol. The SMILES string of the molecule is N#Cc1ccc(C(OC(=O)CCC2CCCC2)C(=O)NC2CC2)cc1. The Balaban J connectivity index is 1.63. The maximum absolute atomic E-state index is 12.5. The Morgan fingerprint density at radius 1 is 1.16 bits per heavy atom. The number of ether oxygens (including phenoxy) is 1. The topological polar surface area (TPSA) is 79.2 Å². The van der Waals surface area contributed by atoms with Crippen molar-refractivity contribution in [3.05, 3.63) is 35.4 Å². The first-order valence-corrected chi connectivity index (χ1v) is 9.15. The minimum absolute atomic E-state index is 0.200. The second-order valence-electron chi connectivity index (χ2n) is 7.08. The maximum atomic E-state index is 12.5. The molecule has 0 spiro atoms. The minimum Gasteiger partial charge on any atom is -0.447 e. The van der Waals surface area contributed by atoms with Crippen molar-refractivity contribution in [1.82, 2.24) is 5.32 Å². The zero-order valence-corrected chi connectivity index (χ0v) is 14.4. The number of nitriles is 1. The first-order valence-electron chi connectivity index (χ1n) is 9.15. The van der Waals surface area contributed by atoms with Crippen molar-refractivity contribution in [2.75, 3.05) is 0 Å². The second kappa shape index (κ2) is 8.15. The molecule has 1 aromatic rings. The predicted molar refractivity (Wildman–Crippen MR) is 92.3 cm³/mol. The van der Waals surface area contributed by atoms with Crippen molar-refractivity contribution in [3.8, 4) is 6.07 Å². The van der Waals surface area contributed by atoms with Gasteiger partial charge in [0, 0.05) is 18.0 Å². The number of nitrogens with zero attached hydrogens (tertiary/aromatic N) is 1. The molecule has 1 N–H and O–H groups in total. The Bertz CT molecular complexity index is 653. The lowest BCUT2D eigenvalue weighted by molar-refractivity contribution is -0.156. The lowest BCUT2D eigenvalue weighted by Gasteiger charge is -2.18. The fourth-order valence-corrected chi connectivity index (χ4v) is 3.32. The van der Waals surface area contributed by atoms with E-state index in [0.29, 0.717) is 23.5 Å². The van der Waals surface area contributed by atoms with E-state index in [2.05, 4.69) is 5.32 Å². The van der Waals surface area contributed by atoms with Crippen LogP contribution in [0.15, 0.2) is 24.3 Å². The maximum Gasteiger partial charge on any atom is 0.306 e. The van der Waals surface area contributed by atoms with Gasteiger partial charge in [0.2, 0.25) is 6.10 Å². The van der Waals surface area contributed by atoms with Crippen LogP contribution in [0, 0.1) is 17.2 Å². The number of esters is 1. The van der Waals surface area contributed by atoms with Gasteiger partial charge in [0.05, 0.1) is 11.6 Å². The number of carbonyl (C=O) groups excluding carboxylic acids is 2. The third kappa shape index (κ3) is 5.06. The van der Waals surface area contributed by atoms with Gasteiger partial charge in [0.1, 0.15) is 0 Å². The fraction of sp³-hybridized carbons (Fsp3) is 0.550. The van der Waals surface area contributed by atoms with Crippen LogP contribution in [-0.4, -0.2) is 17.9 Å². The molecule has 2 saturated carbocycles. The summed E-state index contributed by atoms with van der Waals surface area (Å²) < 4.78 is 5.53. The number of rotatable bonds is 7. The first-order chi connectivity index (χ1) is 12.2. The van der Waals surface area contributed by atoms with E-state index in [1.165, 1.54) is 25.7 Å². The van der Waals surface area contributed by atoms with Crippen molar-refractivity contribution >= 4 is 11.9 Å². The molecule has 0 heterocycles. The summed E-state index contributed by atoms with van der Waals surface area (Å²) in [6.07, 6.45) is 7.07. The number of amides is 1. The van der Waals surface area contributed by atoms with Crippen LogP contribution in [0.25, 0.3) is 0 Å². The highest BCUT2D eigenvalue weighted by molar-refractivity contribution is 5.85. The Morgan fingerprint density at radius 2 is 1.84 bits per heavy atom. The average Bonchev–Trinajstić information content (AvgIpc) is 3.28. The molecule has 5 nitrogen and oxygen atoms in total. The zero-order chi connectivity index (χ0) is 17.6. The third-order valence-electron chi connectivity index (χ3n) is 4.99. The Kier molecular flexibility index (Phi) is 5.70. The standard InChI is InChI=1S/C20H24N2O3/c21-13-15-5-8-16(9-6-15)19(20(24)22-17-10-11-17)25-18(23)12-7-14-3-1-2-4-14/h5-6,8-9,14,17,19H,1-4,7,10-12H2,(H,22,24). The molecule has 1 atom stereocenters. The van der Waals surface area contributed by atoms with Crippen LogP contribution >= 0.6 is 0 Å². The van der Waals surface area contributed by atoms with Gasteiger partial charge >= 0.3 is 5.97 Å². The molecule has 132 valence electrons.